The van der Waals surface area contributed by atoms with E-state index in [4.69, 9.17) is 4.74 Å². The van der Waals surface area contributed by atoms with Crippen molar-refractivity contribution in [1.82, 2.24) is 15.1 Å². The standard InChI is InChI=1S/C15H19N3O4/c1-4-22-11-7-5-10(6-8-11)14(20)16-12-9-13(19)18(3)15(21)17(12)2/h5-8,12H,4,9H2,1-3H3,(H,16,20). The molecule has 0 bridgehead atoms. The van der Waals surface area contributed by atoms with E-state index in [0.29, 0.717) is 17.9 Å². The molecule has 22 heavy (non-hydrogen) atoms. The summed E-state index contributed by atoms with van der Waals surface area (Å²) in [6.45, 7) is 2.43. The summed E-state index contributed by atoms with van der Waals surface area (Å²) in [4.78, 5) is 38.1. The highest BCUT2D eigenvalue weighted by atomic mass is 16.5. The minimum absolute atomic E-state index is 0.0571. The van der Waals surface area contributed by atoms with Crippen molar-refractivity contribution in [1.29, 1.82) is 0 Å². The first-order valence-corrected chi connectivity index (χ1v) is 7.01. The number of benzene rings is 1. The lowest BCUT2D eigenvalue weighted by Crippen LogP contribution is -2.59. The number of rotatable bonds is 4. The van der Waals surface area contributed by atoms with Crippen LogP contribution in [0, 0.1) is 0 Å². The third kappa shape index (κ3) is 3.19. The lowest BCUT2D eigenvalue weighted by Gasteiger charge is -2.36. The van der Waals surface area contributed by atoms with Gasteiger partial charge in [-0.05, 0) is 31.2 Å². The zero-order valence-corrected chi connectivity index (χ0v) is 12.8. The first kappa shape index (κ1) is 15.8. The first-order chi connectivity index (χ1) is 10.4. The predicted octanol–water partition coefficient (Wildman–Crippen LogP) is 1.06. The quantitative estimate of drug-likeness (QED) is 0.902. The Morgan fingerprint density at radius 2 is 1.91 bits per heavy atom. The Morgan fingerprint density at radius 3 is 2.50 bits per heavy atom. The summed E-state index contributed by atoms with van der Waals surface area (Å²) < 4.78 is 5.31. The van der Waals surface area contributed by atoms with Crippen molar-refractivity contribution in [3.63, 3.8) is 0 Å². The fourth-order valence-electron chi connectivity index (χ4n) is 2.17. The highest BCUT2D eigenvalue weighted by Gasteiger charge is 2.35. The van der Waals surface area contributed by atoms with E-state index in [9.17, 15) is 14.4 Å². The zero-order chi connectivity index (χ0) is 16.3. The molecule has 2 rings (SSSR count). The molecule has 0 aliphatic carbocycles. The van der Waals surface area contributed by atoms with E-state index in [1.165, 1.54) is 11.9 Å². The van der Waals surface area contributed by atoms with E-state index in [2.05, 4.69) is 5.32 Å². The number of nitrogens with one attached hydrogen (secondary N) is 1. The monoisotopic (exact) mass is 305 g/mol. The Kier molecular flexibility index (Phi) is 4.65. The van der Waals surface area contributed by atoms with Gasteiger partial charge in [0.25, 0.3) is 5.91 Å². The molecule has 0 spiro atoms. The molecule has 1 heterocycles. The highest BCUT2D eigenvalue weighted by Crippen LogP contribution is 2.15. The molecule has 4 amide bonds. The second-order valence-electron chi connectivity index (χ2n) is 5.00. The largest absolute Gasteiger partial charge is 0.494 e. The molecular formula is C15H19N3O4. The number of hydrogen-bond acceptors (Lipinski definition) is 4. The Morgan fingerprint density at radius 1 is 1.27 bits per heavy atom. The number of ether oxygens (including phenoxy) is 1. The van der Waals surface area contributed by atoms with Crippen molar-refractivity contribution in [2.45, 2.75) is 19.5 Å². The zero-order valence-electron chi connectivity index (χ0n) is 12.8. The number of imide groups is 1. The van der Waals surface area contributed by atoms with Crippen molar-refractivity contribution in [3.05, 3.63) is 29.8 Å². The van der Waals surface area contributed by atoms with Crippen LogP contribution in [0.25, 0.3) is 0 Å². The molecule has 1 aromatic carbocycles. The molecule has 0 radical (unpaired) electrons. The van der Waals surface area contributed by atoms with Gasteiger partial charge in [0.05, 0.1) is 13.0 Å². The van der Waals surface area contributed by atoms with Crippen LogP contribution in [-0.2, 0) is 4.79 Å². The van der Waals surface area contributed by atoms with Gasteiger partial charge >= 0.3 is 6.03 Å². The molecule has 1 fully saturated rings. The summed E-state index contributed by atoms with van der Waals surface area (Å²) in [5, 5.41) is 2.70. The normalized spacial score (nSPS) is 18.4. The lowest BCUT2D eigenvalue weighted by molar-refractivity contribution is -0.131. The molecule has 1 aliphatic heterocycles. The Bertz CT molecular complexity index is 585. The van der Waals surface area contributed by atoms with Gasteiger partial charge < -0.3 is 15.0 Å². The summed E-state index contributed by atoms with van der Waals surface area (Å²) >= 11 is 0. The third-order valence-corrected chi connectivity index (χ3v) is 3.52. The van der Waals surface area contributed by atoms with Crippen LogP contribution in [0.5, 0.6) is 5.75 Å². The Hall–Kier alpha value is -2.57. The summed E-state index contributed by atoms with van der Waals surface area (Å²) in [6.07, 6.45) is -0.586. The van der Waals surface area contributed by atoms with E-state index >= 15 is 0 Å². The van der Waals surface area contributed by atoms with Crippen molar-refractivity contribution < 1.29 is 19.1 Å². The van der Waals surface area contributed by atoms with Gasteiger partial charge in [-0.3, -0.25) is 14.5 Å². The minimum Gasteiger partial charge on any atom is -0.494 e. The van der Waals surface area contributed by atoms with Gasteiger partial charge in [0.2, 0.25) is 5.91 Å². The summed E-state index contributed by atoms with van der Waals surface area (Å²) in [5.74, 6) is 0.0194. The fourth-order valence-corrected chi connectivity index (χ4v) is 2.17. The van der Waals surface area contributed by atoms with Crippen molar-refractivity contribution in [2.24, 2.45) is 0 Å². The maximum absolute atomic E-state index is 12.2. The van der Waals surface area contributed by atoms with Crippen LogP contribution in [0.2, 0.25) is 0 Å². The number of carbonyl (C=O) groups is 3. The second kappa shape index (κ2) is 6.46. The van der Waals surface area contributed by atoms with Gasteiger partial charge in [-0.2, -0.15) is 0 Å². The van der Waals surface area contributed by atoms with Gasteiger partial charge in [-0.1, -0.05) is 0 Å². The van der Waals surface area contributed by atoms with Crippen LogP contribution in [0.3, 0.4) is 0 Å². The molecule has 7 nitrogen and oxygen atoms in total. The lowest BCUT2D eigenvalue weighted by atomic mass is 10.1. The number of carbonyl (C=O) groups excluding carboxylic acids is 3. The number of amides is 4. The first-order valence-electron chi connectivity index (χ1n) is 7.01. The summed E-state index contributed by atoms with van der Waals surface area (Å²) in [7, 11) is 2.97. The summed E-state index contributed by atoms with van der Waals surface area (Å²) in [5.41, 5.74) is 0.440. The predicted molar refractivity (Wildman–Crippen MR) is 79.4 cm³/mol. The van der Waals surface area contributed by atoms with Crippen molar-refractivity contribution in [2.75, 3.05) is 20.7 Å². The van der Waals surface area contributed by atoms with Crippen molar-refractivity contribution >= 4 is 17.8 Å². The average Bonchev–Trinajstić information content (AvgIpc) is 2.51. The summed E-state index contributed by atoms with van der Waals surface area (Å²) in [6, 6.07) is 6.24. The van der Waals surface area contributed by atoms with Crippen LogP contribution in [0.15, 0.2) is 24.3 Å². The molecule has 1 aromatic rings. The maximum Gasteiger partial charge on any atom is 0.327 e. The van der Waals surface area contributed by atoms with E-state index in [0.717, 1.165) is 4.90 Å². The molecule has 1 saturated heterocycles. The molecule has 1 aliphatic rings. The van der Waals surface area contributed by atoms with Crippen LogP contribution in [-0.4, -0.2) is 54.5 Å². The van der Waals surface area contributed by atoms with E-state index < -0.39 is 12.2 Å². The van der Waals surface area contributed by atoms with Gasteiger partial charge in [0.15, 0.2) is 0 Å². The molecule has 7 heteroatoms. The number of hydrogen-bond donors (Lipinski definition) is 1. The minimum atomic E-state index is -0.643. The van der Waals surface area contributed by atoms with Crippen LogP contribution >= 0.6 is 0 Å². The average molecular weight is 305 g/mol. The van der Waals surface area contributed by atoms with Crippen LogP contribution < -0.4 is 10.1 Å². The molecular weight excluding hydrogens is 286 g/mol. The van der Waals surface area contributed by atoms with Crippen LogP contribution in [0.1, 0.15) is 23.7 Å². The number of nitrogens with zero attached hydrogens (tertiary/aromatic N) is 2. The molecule has 1 unspecified atom stereocenters. The van der Waals surface area contributed by atoms with E-state index in [-0.39, 0.29) is 18.2 Å². The molecule has 118 valence electrons. The van der Waals surface area contributed by atoms with Gasteiger partial charge in [0, 0.05) is 19.7 Å². The van der Waals surface area contributed by atoms with Gasteiger partial charge in [0.1, 0.15) is 11.9 Å². The van der Waals surface area contributed by atoms with Crippen LogP contribution in [0.4, 0.5) is 4.79 Å². The molecule has 1 atom stereocenters. The highest BCUT2D eigenvalue weighted by molar-refractivity contribution is 5.99. The third-order valence-electron chi connectivity index (χ3n) is 3.52. The second-order valence-corrected chi connectivity index (χ2v) is 5.00. The molecule has 0 saturated carbocycles. The number of urea groups is 1. The fraction of sp³-hybridized carbons (Fsp3) is 0.400. The molecule has 1 N–H and O–H groups in total. The Labute approximate surface area is 128 Å². The smallest absolute Gasteiger partial charge is 0.327 e. The SMILES string of the molecule is CCOc1ccc(C(=O)NC2CC(=O)N(C)C(=O)N2C)cc1. The Balaban J connectivity index is 2.05. The maximum atomic E-state index is 12.2. The molecule has 0 aromatic heterocycles. The van der Waals surface area contributed by atoms with E-state index in [1.54, 1.807) is 31.3 Å². The van der Waals surface area contributed by atoms with Gasteiger partial charge in [-0.25, -0.2) is 4.79 Å². The van der Waals surface area contributed by atoms with E-state index in [1.807, 2.05) is 6.92 Å². The topological polar surface area (TPSA) is 79.0 Å². The van der Waals surface area contributed by atoms with Gasteiger partial charge in [-0.15, -0.1) is 0 Å². The van der Waals surface area contributed by atoms with Crippen molar-refractivity contribution in [3.8, 4) is 5.75 Å².